The first-order chi connectivity index (χ1) is 52.9. The Kier molecular flexibility index (Phi) is 21.0. The topological polar surface area (TPSA) is 26.3 Å². The molecule has 0 saturated carbocycles. The molecule has 21 rings (SSSR count). The van der Waals surface area contributed by atoms with E-state index in [0.717, 1.165) is 27.9 Å². The summed E-state index contributed by atoms with van der Waals surface area (Å²) in [7, 11) is 0. The lowest BCUT2D eigenvalue weighted by Crippen LogP contribution is -2.14. The zero-order valence-corrected chi connectivity index (χ0v) is 65.9. The van der Waals surface area contributed by atoms with Gasteiger partial charge in [0.25, 0.3) is 0 Å². The molecule has 534 valence electrons. The van der Waals surface area contributed by atoms with E-state index in [1.807, 2.05) is 53.0 Å². The molecule has 0 unspecified atom stereocenters. The number of hydrogen-bond donors (Lipinski definition) is 0. The molecule has 1 aliphatic rings. The molecule has 2 nitrogen and oxygen atoms in total. The second kappa shape index (κ2) is 31.5. The van der Waals surface area contributed by atoms with Gasteiger partial charge in [-0.3, -0.25) is 0 Å². The fourth-order valence-corrected chi connectivity index (χ4v) is 17.9. The largest absolute Gasteiger partial charge is 0.456 e. The van der Waals surface area contributed by atoms with Gasteiger partial charge in [0.2, 0.25) is 0 Å². The Hall–Kier alpha value is -11.9. The molecule has 0 amide bonds. The molecule has 4 heteroatoms. The maximum atomic E-state index is 6.17. The third-order valence-corrected chi connectivity index (χ3v) is 23.9. The number of aryl methyl sites for hydroxylation is 9. The van der Waals surface area contributed by atoms with Crippen LogP contribution in [0.2, 0.25) is 0 Å². The maximum absolute atomic E-state index is 6.17. The average molecular weight is 1450 g/mol. The summed E-state index contributed by atoms with van der Waals surface area (Å²) in [6.45, 7) is 26.1. The number of furan rings is 2. The molecule has 0 N–H and O–H groups in total. The SMILES string of the molecule is Cc1cc(C)c(C)c(C)c1.Cc1ccc2c(c1)-c1ccccc1C2(C)C.Cc1ccc2c(ccc3ccccc32)c1.Cc1ccc2oc3ccccc3c2c1.Cc1ccc2sc3ccccc3c2c1.Cc1cccc2c1oc1c(-c3ccccc3)cccc12.Cc1cccc2c1sc1c(-c3ccccc3)cccc12. The van der Waals surface area contributed by atoms with Crippen LogP contribution in [0.15, 0.2) is 336 Å². The van der Waals surface area contributed by atoms with Crippen LogP contribution < -0.4 is 0 Å². The van der Waals surface area contributed by atoms with E-state index in [1.54, 1.807) is 0 Å². The average Bonchev–Trinajstić information content (AvgIpc) is 1.59. The quantitative estimate of drug-likeness (QED) is 0.161. The minimum atomic E-state index is 0.152. The molecule has 109 heavy (non-hydrogen) atoms. The zero-order chi connectivity index (χ0) is 75.5. The minimum Gasteiger partial charge on any atom is -0.456 e. The van der Waals surface area contributed by atoms with E-state index in [1.165, 1.54) is 178 Å². The lowest BCUT2D eigenvalue weighted by molar-refractivity contribution is 0.660. The minimum absolute atomic E-state index is 0.152. The molecule has 0 fully saturated rings. The summed E-state index contributed by atoms with van der Waals surface area (Å²) in [4.78, 5) is 0. The van der Waals surface area contributed by atoms with Crippen LogP contribution in [-0.2, 0) is 5.41 Å². The summed E-state index contributed by atoms with van der Waals surface area (Å²) >= 11 is 3.78. The molecular weight excluding hydrogens is 1360 g/mol. The lowest BCUT2D eigenvalue weighted by atomic mass is 9.82. The summed E-state index contributed by atoms with van der Waals surface area (Å²) in [6, 6.07) is 116. The van der Waals surface area contributed by atoms with Crippen LogP contribution >= 0.6 is 22.7 Å². The van der Waals surface area contributed by atoms with Gasteiger partial charge < -0.3 is 8.83 Å². The summed E-state index contributed by atoms with van der Waals surface area (Å²) < 4.78 is 17.4. The van der Waals surface area contributed by atoms with Gasteiger partial charge in [0.15, 0.2) is 0 Å². The third-order valence-electron chi connectivity index (χ3n) is 21.4. The Balaban J connectivity index is 0.000000102. The number of thiophene rings is 2. The predicted octanol–water partition coefficient (Wildman–Crippen LogP) is 31.4. The predicted molar refractivity (Wildman–Crippen MR) is 476 cm³/mol. The maximum Gasteiger partial charge on any atom is 0.143 e. The zero-order valence-electron chi connectivity index (χ0n) is 64.3. The Morgan fingerprint density at radius 1 is 0.239 bits per heavy atom. The van der Waals surface area contributed by atoms with Gasteiger partial charge in [-0.2, -0.15) is 0 Å². The first kappa shape index (κ1) is 72.6. The van der Waals surface area contributed by atoms with Gasteiger partial charge in [-0.25, -0.2) is 0 Å². The van der Waals surface area contributed by atoms with Gasteiger partial charge >= 0.3 is 0 Å². The molecule has 4 heterocycles. The molecule has 0 aliphatic heterocycles. The normalized spacial score (nSPS) is 11.7. The standard InChI is InChI=1S/C19H14O.C19H14S.C16H16.C15H12.C13H10O.C13H10S.C10H14/c2*1-13-7-5-11-16-17-12-6-10-15(19(17)20-18(13)16)14-8-3-2-4-9-14;1-11-8-9-15-13(10-11)12-6-4-5-7-14(12)16(15,2)3;1-11-6-9-15-13(10-11)8-7-12-4-2-3-5-14(12)15;2*1-9-6-7-13-11(8-9)10-4-2-3-5-12(10)14-13;1-7-5-8(2)10(4)9(3)6-7/h2*2-12H,1H3;4-10H,1-3H3;2-10H,1H3;2*2-8H,1H3;5-6H,1-4H3. The van der Waals surface area contributed by atoms with Crippen LogP contribution in [0, 0.1) is 69.2 Å². The summed E-state index contributed by atoms with van der Waals surface area (Å²) in [5.74, 6) is 0. The number of rotatable bonds is 2. The Morgan fingerprint density at radius 3 is 1.47 bits per heavy atom. The highest BCUT2D eigenvalue weighted by Crippen LogP contribution is 2.49. The Labute approximate surface area is 648 Å². The van der Waals surface area contributed by atoms with Crippen molar-refractivity contribution in [3.63, 3.8) is 0 Å². The smallest absolute Gasteiger partial charge is 0.143 e. The van der Waals surface area contributed by atoms with Crippen LogP contribution in [0.5, 0.6) is 0 Å². The van der Waals surface area contributed by atoms with E-state index in [0.29, 0.717) is 0 Å². The highest BCUT2D eigenvalue weighted by Gasteiger charge is 2.34. The van der Waals surface area contributed by atoms with Crippen molar-refractivity contribution >= 4 is 128 Å². The van der Waals surface area contributed by atoms with Crippen LogP contribution in [0.1, 0.15) is 80.6 Å². The summed E-state index contributed by atoms with van der Waals surface area (Å²) in [6.07, 6.45) is 0. The second-order valence-corrected chi connectivity index (χ2v) is 31.8. The van der Waals surface area contributed by atoms with Crippen molar-refractivity contribution in [1.29, 1.82) is 0 Å². The molecule has 4 aromatic heterocycles. The van der Waals surface area contributed by atoms with Gasteiger partial charge in [0, 0.05) is 72.9 Å². The van der Waals surface area contributed by atoms with E-state index in [2.05, 4.69) is 380 Å². The Bertz CT molecular complexity index is 6400. The monoisotopic (exact) mass is 1450 g/mol. The number of para-hydroxylation sites is 3. The molecule has 0 radical (unpaired) electrons. The van der Waals surface area contributed by atoms with E-state index < -0.39 is 0 Å². The first-order valence-corrected chi connectivity index (χ1v) is 39.4. The van der Waals surface area contributed by atoms with Crippen molar-refractivity contribution in [3.05, 3.63) is 394 Å². The van der Waals surface area contributed by atoms with Crippen LogP contribution in [0.25, 0.3) is 139 Å². The van der Waals surface area contributed by atoms with E-state index in [9.17, 15) is 0 Å². The number of hydrogen-bond acceptors (Lipinski definition) is 4. The van der Waals surface area contributed by atoms with Crippen LogP contribution in [0.3, 0.4) is 0 Å². The van der Waals surface area contributed by atoms with Crippen LogP contribution in [0.4, 0.5) is 0 Å². The molecule has 0 bridgehead atoms. The fraction of sp³-hybridized carbons (Fsp3) is 0.124. The Morgan fingerprint density at radius 2 is 0.725 bits per heavy atom. The molecule has 20 aromatic rings. The van der Waals surface area contributed by atoms with Gasteiger partial charge in [0.1, 0.15) is 22.3 Å². The molecule has 0 saturated heterocycles. The van der Waals surface area contributed by atoms with Gasteiger partial charge in [-0.15, -0.1) is 22.7 Å². The molecule has 0 atom stereocenters. The van der Waals surface area contributed by atoms with Crippen molar-refractivity contribution in [3.8, 4) is 33.4 Å². The third kappa shape index (κ3) is 15.1. The van der Waals surface area contributed by atoms with Crippen molar-refractivity contribution in [2.45, 2.75) is 88.5 Å². The number of benzene rings is 16. The number of fused-ring (bicyclic) bond motifs is 18. The van der Waals surface area contributed by atoms with Crippen molar-refractivity contribution in [2.24, 2.45) is 0 Å². The van der Waals surface area contributed by atoms with E-state index in [4.69, 9.17) is 8.83 Å². The molecule has 0 spiro atoms. The van der Waals surface area contributed by atoms with Crippen molar-refractivity contribution in [2.75, 3.05) is 0 Å². The van der Waals surface area contributed by atoms with Crippen molar-refractivity contribution in [1.82, 2.24) is 0 Å². The van der Waals surface area contributed by atoms with Gasteiger partial charge in [-0.05, 0) is 194 Å². The van der Waals surface area contributed by atoms with Crippen LogP contribution in [-0.4, -0.2) is 0 Å². The summed E-state index contributed by atoms with van der Waals surface area (Å²) in [5.41, 5.74) is 28.1. The fourth-order valence-electron chi connectivity index (χ4n) is 15.5. The summed E-state index contributed by atoms with van der Waals surface area (Å²) in [5, 5.41) is 15.6. The molecular formula is C105H90O2S2. The highest BCUT2D eigenvalue weighted by molar-refractivity contribution is 7.26. The van der Waals surface area contributed by atoms with Gasteiger partial charge in [-0.1, -0.05) is 333 Å². The van der Waals surface area contributed by atoms with Crippen molar-refractivity contribution < 1.29 is 8.83 Å². The van der Waals surface area contributed by atoms with E-state index in [-0.39, 0.29) is 5.41 Å². The van der Waals surface area contributed by atoms with Gasteiger partial charge in [0.05, 0.1) is 0 Å². The molecule has 1 aliphatic carbocycles. The first-order valence-electron chi connectivity index (χ1n) is 37.8. The lowest BCUT2D eigenvalue weighted by Gasteiger charge is -2.21. The molecule has 16 aromatic carbocycles. The van der Waals surface area contributed by atoms with E-state index >= 15 is 0 Å². The second-order valence-electron chi connectivity index (χ2n) is 29.7. The highest BCUT2D eigenvalue weighted by atomic mass is 32.1.